The van der Waals surface area contributed by atoms with Crippen LogP contribution in [0, 0.1) is 0 Å². The van der Waals surface area contributed by atoms with Gasteiger partial charge in [-0.2, -0.15) is 0 Å². The fourth-order valence-electron chi connectivity index (χ4n) is 1.49. The van der Waals surface area contributed by atoms with Gasteiger partial charge in [0.1, 0.15) is 0 Å². The third kappa shape index (κ3) is 2.96. The van der Waals surface area contributed by atoms with Gasteiger partial charge >= 0.3 is 0 Å². The highest BCUT2D eigenvalue weighted by atomic mass is 35.5. The molecule has 0 aromatic rings. The Hall–Kier alpha value is 0.180. The lowest BCUT2D eigenvalue weighted by Crippen LogP contribution is -2.43. The highest BCUT2D eigenvalue weighted by Crippen LogP contribution is 2.19. The van der Waals surface area contributed by atoms with Crippen LogP contribution in [0.5, 0.6) is 0 Å². The zero-order valence-electron chi connectivity index (χ0n) is 6.82. The Morgan fingerprint density at radius 1 is 1.73 bits per heavy atom. The first kappa shape index (κ1) is 9.27. The molecule has 3 atom stereocenters. The predicted molar refractivity (Wildman–Crippen MR) is 45.9 cm³/mol. The summed E-state index contributed by atoms with van der Waals surface area (Å²) < 4.78 is 12.6. The van der Waals surface area contributed by atoms with Gasteiger partial charge in [-0.3, -0.25) is 0 Å². The molecule has 1 N–H and O–H groups in total. The molecule has 0 aromatic carbocycles. The highest BCUT2D eigenvalue weighted by Gasteiger charge is 2.23. The molecular weight excluding hydrogens is 165 g/mol. The van der Waals surface area contributed by atoms with Crippen LogP contribution in [0.3, 0.4) is 0 Å². The SMILES string of the molecule is CC(F)CC1NCCCC1Cl. The molecule has 1 aliphatic heterocycles. The van der Waals surface area contributed by atoms with E-state index in [4.69, 9.17) is 11.6 Å². The fourth-order valence-corrected chi connectivity index (χ4v) is 1.84. The van der Waals surface area contributed by atoms with Crippen molar-refractivity contribution in [3.63, 3.8) is 0 Å². The molecule has 11 heavy (non-hydrogen) atoms. The average molecular weight is 180 g/mol. The molecule has 0 aliphatic carbocycles. The van der Waals surface area contributed by atoms with Crippen molar-refractivity contribution in [2.45, 2.75) is 43.8 Å². The van der Waals surface area contributed by atoms with Crippen LogP contribution in [0.1, 0.15) is 26.2 Å². The minimum Gasteiger partial charge on any atom is -0.312 e. The minimum atomic E-state index is -0.744. The van der Waals surface area contributed by atoms with Gasteiger partial charge in [0.25, 0.3) is 0 Å². The smallest absolute Gasteiger partial charge is 0.0988 e. The molecule has 0 amide bonds. The molecule has 66 valence electrons. The zero-order valence-corrected chi connectivity index (χ0v) is 7.57. The molecule has 0 aromatic heterocycles. The number of halogens is 2. The highest BCUT2D eigenvalue weighted by molar-refractivity contribution is 6.21. The van der Waals surface area contributed by atoms with Gasteiger partial charge in [-0.15, -0.1) is 11.6 Å². The maximum Gasteiger partial charge on any atom is 0.0988 e. The van der Waals surface area contributed by atoms with Gasteiger partial charge in [-0.25, -0.2) is 4.39 Å². The van der Waals surface area contributed by atoms with Crippen molar-refractivity contribution in [1.29, 1.82) is 0 Å². The molecule has 3 unspecified atom stereocenters. The van der Waals surface area contributed by atoms with Crippen LogP contribution in [0.2, 0.25) is 0 Å². The first-order valence-electron chi connectivity index (χ1n) is 4.21. The van der Waals surface area contributed by atoms with E-state index in [1.165, 1.54) is 0 Å². The Labute approximate surface area is 72.3 Å². The normalized spacial score (nSPS) is 35.2. The van der Waals surface area contributed by atoms with Crippen molar-refractivity contribution in [1.82, 2.24) is 5.32 Å². The Bertz CT molecular complexity index is 119. The summed E-state index contributed by atoms with van der Waals surface area (Å²) in [7, 11) is 0. The number of hydrogen-bond acceptors (Lipinski definition) is 1. The van der Waals surface area contributed by atoms with Crippen molar-refractivity contribution < 1.29 is 4.39 Å². The Morgan fingerprint density at radius 3 is 3.00 bits per heavy atom. The molecule has 3 heteroatoms. The second kappa shape index (κ2) is 4.27. The third-order valence-corrected chi connectivity index (χ3v) is 2.60. The summed E-state index contributed by atoms with van der Waals surface area (Å²) in [5.41, 5.74) is 0. The summed E-state index contributed by atoms with van der Waals surface area (Å²) >= 11 is 6.00. The van der Waals surface area contributed by atoms with Crippen LogP contribution < -0.4 is 5.32 Å². The van der Waals surface area contributed by atoms with Gasteiger partial charge in [0.05, 0.1) is 6.17 Å². The molecule has 1 heterocycles. The quantitative estimate of drug-likeness (QED) is 0.641. The van der Waals surface area contributed by atoms with Crippen molar-refractivity contribution in [2.75, 3.05) is 6.54 Å². The summed E-state index contributed by atoms with van der Waals surface area (Å²) in [6.45, 7) is 2.57. The topological polar surface area (TPSA) is 12.0 Å². The van der Waals surface area contributed by atoms with Crippen molar-refractivity contribution in [3.05, 3.63) is 0 Å². The first-order valence-corrected chi connectivity index (χ1v) is 4.65. The van der Waals surface area contributed by atoms with Gasteiger partial charge in [0.15, 0.2) is 0 Å². The molecular formula is C8H15ClFN. The van der Waals surface area contributed by atoms with Gasteiger partial charge in [-0.1, -0.05) is 0 Å². The van der Waals surface area contributed by atoms with Crippen molar-refractivity contribution in [2.24, 2.45) is 0 Å². The number of nitrogens with one attached hydrogen (secondary N) is 1. The summed E-state index contributed by atoms with van der Waals surface area (Å²) in [4.78, 5) is 0. The van der Waals surface area contributed by atoms with Gasteiger partial charge in [0, 0.05) is 11.4 Å². The summed E-state index contributed by atoms with van der Waals surface area (Å²) in [6, 6.07) is 0.186. The van der Waals surface area contributed by atoms with Crippen LogP contribution in [0.15, 0.2) is 0 Å². The molecule has 0 saturated carbocycles. The number of alkyl halides is 2. The standard InChI is InChI=1S/C8H15ClFN/c1-6(10)5-8-7(9)3-2-4-11-8/h6-8,11H,2-5H2,1H3. The largest absolute Gasteiger partial charge is 0.312 e. The van der Waals surface area contributed by atoms with E-state index in [-0.39, 0.29) is 11.4 Å². The molecule has 1 rings (SSSR count). The zero-order chi connectivity index (χ0) is 8.27. The second-order valence-electron chi connectivity index (χ2n) is 3.24. The molecule has 0 spiro atoms. The Balaban J connectivity index is 2.29. The molecule has 1 nitrogen and oxygen atoms in total. The van der Waals surface area contributed by atoms with Crippen LogP contribution in [-0.2, 0) is 0 Å². The average Bonchev–Trinajstić information content (AvgIpc) is 1.93. The molecule has 0 radical (unpaired) electrons. The van der Waals surface area contributed by atoms with Crippen LogP contribution in [-0.4, -0.2) is 24.1 Å². The van der Waals surface area contributed by atoms with E-state index in [0.717, 1.165) is 19.4 Å². The van der Waals surface area contributed by atoms with Gasteiger partial charge < -0.3 is 5.32 Å². The van der Waals surface area contributed by atoms with Crippen molar-refractivity contribution >= 4 is 11.6 Å². The molecule has 1 fully saturated rings. The lowest BCUT2D eigenvalue weighted by atomic mass is 10.00. The summed E-state index contributed by atoms with van der Waals surface area (Å²) in [5.74, 6) is 0. The van der Waals surface area contributed by atoms with Crippen molar-refractivity contribution in [3.8, 4) is 0 Å². The Morgan fingerprint density at radius 2 is 2.45 bits per heavy atom. The molecule has 1 aliphatic rings. The maximum atomic E-state index is 12.6. The van der Waals surface area contributed by atoms with Gasteiger partial charge in [-0.05, 0) is 32.7 Å². The lowest BCUT2D eigenvalue weighted by molar-refractivity contribution is 0.276. The predicted octanol–water partition coefficient (Wildman–Crippen LogP) is 2.09. The van der Waals surface area contributed by atoms with E-state index >= 15 is 0 Å². The first-order chi connectivity index (χ1) is 5.20. The van der Waals surface area contributed by atoms with E-state index in [1.807, 2.05) is 0 Å². The van der Waals surface area contributed by atoms with Crippen LogP contribution in [0.4, 0.5) is 4.39 Å². The van der Waals surface area contributed by atoms with E-state index in [0.29, 0.717) is 6.42 Å². The van der Waals surface area contributed by atoms with E-state index in [2.05, 4.69) is 5.32 Å². The van der Waals surface area contributed by atoms with E-state index in [9.17, 15) is 4.39 Å². The number of rotatable bonds is 2. The maximum absolute atomic E-state index is 12.6. The second-order valence-corrected chi connectivity index (χ2v) is 3.80. The number of piperidine rings is 1. The lowest BCUT2D eigenvalue weighted by Gasteiger charge is -2.28. The fraction of sp³-hybridized carbons (Fsp3) is 1.00. The monoisotopic (exact) mass is 179 g/mol. The Kier molecular flexibility index (Phi) is 3.60. The number of hydrogen-bond donors (Lipinski definition) is 1. The minimum absolute atomic E-state index is 0.127. The van der Waals surface area contributed by atoms with Crippen LogP contribution in [0.25, 0.3) is 0 Å². The molecule has 0 bridgehead atoms. The van der Waals surface area contributed by atoms with E-state index in [1.54, 1.807) is 6.92 Å². The summed E-state index contributed by atoms with van der Waals surface area (Å²) in [5, 5.41) is 3.36. The third-order valence-electron chi connectivity index (χ3n) is 2.08. The van der Waals surface area contributed by atoms with E-state index < -0.39 is 6.17 Å². The van der Waals surface area contributed by atoms with Crippen LogP contribution >= 0.6 is 11.6 Å². The summed E-state index contributed by atoms with van der Waals surface area (Å²) in [6.07, 6.45) is 1.94. The van der Waals surface area contributed by atoms with Gasteiger partial charge in [0.2, 0.25) is 0 Å². The molecule has 1 saturated heterocycles.